The van der Waals surface area contributed by atoms with Gasteiger partial charge in [0.2, 0.25) is 0 Å². The molecule has 1 N–H and O–H groups in total. The van der Waals surface area contributed by atoms with Crippen molar-refractivity contribution < 1.29 is 13.2 Å². The van der Waals surface area contributed by atoms with Gasteiger partial charge in [-0.25, -0.2) is 8.42 Å². The van der Waals surface area contributed by atoms with Crippen LogP contribution in [-0.4, -0.2) is 15.0 Å². The summed E-state index contributed by atoms with van der Waals surface area (Å²) in [6.45, 7) is 0.696. The predicted octanol–water partition coefficient (Wildman–Crippen LogP) is 2.81. The molecule has 0 unspecified atom stereocenters. The van der Waals surface area contributed by atoms with E-state index >= 15 is 0 Å². The molecule has 0 spiro atoms. The normalized spacial score (nSPS) is 14.2. The van der Waals surface area contributed by atoms with Crippen LogP contribution in [0.2, 0.25) is 0 Å². The summed E-state index contributed by atoms with van der Waals surface area (Å²) >= 11 is 0. The fourth-order valence-electron chi connectivity index (χ4n) is 2.22. The zero-order valence-corrected chi connectivity index (χ0v) is 11.7. The van der Waals surface area contributed by atoms with Gasteiger partial charge < -0.3 is 4.74 Å². The Labute approximate surface area is 118 Å². The first-order valence-electron chi connectivity index (χ1n) is 6.49. The molecule has 0 bridgehead atoms. The van der Waals surface area contributed by atoms with Gasteiger partial charge in [-0.2, -0.15) is 0 Å². The van der Waals surface area contributed by atoms with Crippen LogP contribution >= 0.6 is 0 Å². The summed E-state index contributed by atoms with van der Waals surface area (Å²) in [4.78, 5) is 0.269. The molecule has 0 radical (unpaired) electrons. The molecular weight excluding hydrogens is 274 g/mol. The third-order valence-electron chi connectivity index (χ3n) is 3.22. The summed E-state index contributed by atoms with van der Waals surface area (Å²) in [7, 11) is -3.55. The lowest BCUT2D eigenvalue weighted by molar-refractivity contribution is 0.288. The van der Waals surface area contributed by atoms with E-state index in [4.69, 9.17) is 4.74 Å². The molecule has 2 aromatic rings. The second-order valence-electron chi connectivity index (χ2n) is 4.69. The quantitative estimate of drug-likeness (QED) is 0.945. The van der Waals surface area contributed by atoms with Gasteiger partial charge in [0.05, 0.1) is 11.5 Å². The van der Waals surface area contributed by atoms with Crippen molar-refractivity contribution in [2.24, 2.45) is 0 Å². The highest BCUT2D eigenvalue weighted by Crippen LogP contribution is 2.28. The van der Waals surface area contributed by atoms with Gasteiger partial charge in [-0.3, -0.25) is 4.72 Å². The molecule has 20 heavy (non-hydrogen) atoms. The van der Waals surface area contributed by atoms with Crippen molar-refractivity contribution in [2.75, 3.05) is 11.3 Å². The molecule has 1 aliphatic heterocycles. The Hall–Kier alpha value is -2.01. The summed E-state index contributed by atoms with van der Waals surface area (Å²) < 4.78 is 32.7. The standard InChI is InChI=1S/C15H15NO3S/c17-20(18,16-13-6-2-1-3-7-13)14-8-9-15-12(11-14)5-4-10-19-15/h1-3,6-9,11,16H,4-5,10H2. The van der Waals surface area contributed by atoms with Crippen LogP contribution in [0.4, 0.5) is 5.69 Å². The number of para-hydroxylation sites is 1. The Bertz CT molecular complexity index is 711. The van der Waals surface area contributed by atoms with Gasteiger partial charge in [0.1, 0.15) is 5.75 Å². The molecule has 0 aromatic heterocycles. The predicted molar refractivity (Wildman–Crippen MR) is 77.5 cm³/mol. The molecule has 3 rings (SSSR count). The second-order valence-corrected chi connectivity index (χ2v) is 6.38. The minimum atomic E-state index is -3.55. The highest BCUT2D eigenvalue weighted by Gasteiger charge is 2.18. The molecular formula is C15H15NO3S. The van der Waals surface area contributed by atoms with Crippen molar-refractivity contribution in [3.8, 4) is 5.75 Å². The Kier molecular flexibility index (Phi) is 3.36. The number of aryl methyl sites for hydroxylation is 1. The lowest BCUT2D eigenvalue weighted by atomic mass is 10.1. The van der Waals surface area contributed by atoms with Gasteiger partial charge in [0.15, 0.2) is 0 Å². The number of nitrogens with one attached hydrogen (secondary N) is 1. The first kappa shape index (κ1) is 13.0. The second kappa shape index (κ2) is 5.17. The average Bonchev–Trinajstić information content (AvgIpc) is 2.47. The Balaban J connectivity index is 1.91. The van der Waals surface area contributed by atoms with Crippen molar-refractivity contribution in [3.05, 3.63) is 54.1 Å². The number of benzene rings is 2. The van der Waals surface area contributed by atoms with Crippen molar-refractivity contribution in [3.63, 3.8) is 0 Å². The number of fused-ring (bicyclic) bond motifs is 1. The zero-order chi connectivity index (χ0) is 14.0. The van der Waals surface area contributed by atoms with E-state index in [1.165, 1.54) is 0 Å². The highest BCUT2D eigenvalue weighted by molar-refractivity contribution is 7.92. The van der Waals surface area contributed by atoms with E-state index in [2.05, 4.69) is 4.72 Å². The maximum Gasteiger partial charge on any atom is 0.261 e. The van der Waals surface area contributed by atoms with Gasteiger partial charge in [0, 0.05) is 5.69 Å². The minimum Gasteiger partial charge on any atom is -0.493 e. The summed E-state index contributed by atoms with van der Waals surface area (Å²) in [5.74, 6) is 0.787. The summed E-state index contributed by atoms with van der Waals surface area (Å²) in [6.07, 6.45) is 1.77. The van der Waals surface area contributed by atoms with Crippen molar-refractivity contribution in [2.45, 2.75) is 17.7 Å². The molecule has 1 aliphatic rings. The maximum absolute atomic E-state index is 12.3. The van der Waals surface area contributed by atoms with Crippen LogP contribution in [0.5, 0.6) is 5.75 Å². The molecule has 0 atom stereocenters. The summed E-state index contributed by atoms with van der Waals surface area (Å²) in [6, 6.07) is 13.9. The molecule has 104 valence electrons. The van der Waals surface area contributed by atoms with Crippen molar-refractivity contribution >= 4 is 15.7 Å². The van der Waals surface area contributed by atoms with E-state index in [1.807, 2.05) is 6.07 Å². The van der Waals surface area contributed by atoms with Gasteiger partial charge in [-0.1, -0.05) is 18.2 Å². The first-order valence-corrected chi connectivity index (χ1v) is 7.97. The number of rotatable bonds is 3. The SMILES string of the molecule is O=S(=O)(Nc1ccccc1)c1ccc2c(c1)CCCO2. The molecule has 0 amide bonds. The van der Waals surface area contributed by atoms with E-state index in [-0.39, 0.29) is 4.90 Å². The number of hydrogen-bond acceptors (Lipinski definition) is 3. The largest absolute Gasteiger partial charge is 0.493 e. The fraction of sp³-hybridized carbons (Fsp3) is 0.200. The van der Waals surface area contributed by atoms with E-state index in [0.717, 1.165) is 24.2 Å². The maximum atomic E-state index is 12.3. The highest BCUT2D eigenvalue weighted by atomic mass is 32.2. The lowest BCUT2D eigenvalue weighted by Crippen LogP contribution is -2.14. The van der Waals surface area contributed by atoms with E-state index in [1.54, 1.807) is 42.5 Å². The fourth-order valence-corrected chi connectivity index (χ4v) is 3.33. The number of anilines is 1. The zero-order valence-electron chi connectivity index (χ0n) is 10.9. The van der Waals surface area contributed by atoms with Crippen LogP contribution in [0.1, 0.15) is 12.0 Å². The molecule has 4 nitrogen and oxygen atoms in total. The summed E-state index contributed by atoms with van der Waals surface area (Å²) in [5.41, 5.74) is 1.51. The van der Waals surface area contributed by atoms with Gasteiger partial charge >= 0.3 is 0 Å². The third-order valence-corrected chi connectivity index (χ3v) is 4.60. The van der Waals surface area contributed by atoms with Crippen molar-refractivity contribution in [1.29, 1.82) is 0 Å². The van der Waals surface area contributed by atoms with Crippen LogP contribution in [0.25, 0.3) is 0 Å². The molecule has 1 heterocycles. The summed E-state index contributed by atoms with van der Waals surface area (Å²) in [5, 5.41) is 0. The monoisotopic (exact) mass is 289 g/mol. The van der Waals surface area contributed by atoms with Crippen LogP contribution in [-0.2, 0) is 16.4 Å². The molecule has 2 aromatic carbocycles. The van der Waals surface area contributed by atoms with Gasteiger partial charge in [-0.05, 0) is 48.7 Å². The van der Waals surface area contributed by atoms with Crippen LogP contribution in [0.3, 0.4) is 0 Å². The van der Waals surface area contributed by atoms with Gasteiger partial charge in [-0.15, -0.1) is 0 Å². The van der Waals surface area contributed by atoms with Gasteiger partial charge in [0.25, 0.3) is 10.0 Å². The Morgan fingerprint density at radius 3 is 2.65 bits per heavy atom. The number of ether oxygens (including phenoxy) is 1. The Morgan fingerprint density at radius 2 is 1.85 bits per heavy atom. The van der Waals surface area contributed by atoms with E-state index in [9.17, 15) is 8.42 Å². The topological polar surface area (TPSA) is 55.4 Å². The number of hydrogen-bond donors (Lipinski definition) is 1. The number of sulfonamides is 1. The average molecular weight is 289 g/mol. The Morgan fingerprint density at radius 1 is 1.05 bits per heavy atom. The third kappa shape index (κ3) is 2.63. The smallest absolute Gasteiger partial charge is 0.261 e. The lowest BCUT2D eigenvalue weighted by Gasteiger charge is -2.18. The molecule has 0 saturated heterocycles. The molecule has 0 saturated carbocycles. The van der Waals surface area contributed by atoms with Crippen LogP contribution in [0, 0.1) is 0 Å². The molecule has 0 aliphatic carbocycles. The van der Waals surface area contributed by atoms with Crippen LogP contribution in [0.15, 0.2) is 53.4 Å². The molecule has 0 fully saturated rings. The first-order chi connectivity index (χ1) is 9.65. The van der Waals surface area contributed by atoms with Crippen molar-refractivity contribution in [1.82, 2.24) is 0 Å². The van der Waals surface area contributed by atoms with E-state index < -0.39 is 10.0 Å². The van der Waals surface area contributed by atoms with Crippen LogP contribution < -0.4 is 9.46 Å². The molecule has 5 heteroatoms. The van der Waals surface area contributed by atoms with E-state index in [0.29, 0.717) is 12.3 Å². The minimum absolute atomic E-state index is 0.269.